The Labute approximate surface area is 201 Å². The van der Waals surface area contributed by atoms with Crippen molar-refractivity contribution >= 4 is 46.9 Å². The lowest BCUT2D eigenvalue weighted by atomic mass is 10.1. The minimum Gasteiger partial charge on any atom is -0.489 e. The SMILES string of the molecule is O=C(N/N=C\c1ccc(OCc2ccccc2Cl)cc1)[C@H]1CC(=O)N(c2ccc(Cl)cc2)C1. The van der Waals surface area contributed by atoms with Gasteiger partial charge in [-0.15, -0.1) is 0 Å². The Morgan fingerprint density at radius 1 is 1.06 bits per heavy atom. The van der Waals surface area contributed by atoms with Crippen LogP contribution in [0.4, 0.5) is 5.69 Å². The molecule has 0 unspecified atom stereocenters. The number of rotatable bonds is 7. The molecule has 0 aliphatic carbocycles. The lowest BCUT2D eigenvalue weighted by molar-refractivity contribution is -0.126. The van der Waals surface area contributed by atoms with Gasteiger partial charge < -0.3 is 9.64 Å². The fourth-order valence-corrected chi connectivity index (χ4v) is 3.76. The summed E-state index contributed by atoms with van der Waals surface area (Å²) in [6.45, 7) is 0.676. The molecule has 4 rings (SSSR count). The lowest BCUT2D eigenvalue weighted by Crippen LogP contribution is -2.30. The topological polar surface area (TPSA) is 71.0 Å². The monoisotopic (exact) mass is 481 g/mol. The van der Waals surface area contributed by atoms with Crippen LogP contribution in [0.3, 0.4) is 0 Å². The highest BCUT2D eigenvalue weighted by Gasteiger charge is 2.35. The van der Waals surface area contributed by atoms with Crippen molar-refractivity contribution in [3.8, 4) is 5.75 Å². The van der Waals surface area contributed by atoms with Crippen molar-refractivity contribution < 1.29 is 14.3 Å². The molecule has 2 amide bonds. The van der Waals surface area contributed by atoms with Crippen molar-refractivity contribution in [2.45, 2.75) is 13.0 Å². The second-order valence-corrected chi connectivity index (χ2v) is 8.41. The summed E-state index contributed by atoms with van der Waals surface area (Å²) in [4.78, 5) is 26.4. The van der Waals surface area contributed by atoms with Gasteiger partial charge in [-0.3, -0.25) is 9.59 Å². The normalized spacial score (nSPS) is 15.8. The van der Waals surface area contributed by atoms with Gasteiger partial charge in [0.2, 0.25) is 11.8 Å². The Morgan fingerprint density at radius 3 is 2.52 bits per heavy atom. The number of hydrogen-bond donors (Lipinski definition) is 1. The molecule has 1 heterocycles. The largest absolute Gasteiger partial charge is 0.489 e. The third kappa shape index (κ3) is 5.92. The molecule has 0 saturated carbocycles. The van der Waals surface area contributed by atoms with Crippen molar-refractivity contribution in [1.29, 1.82) is 0 Å². The fourth-order valence-electron chi connectivity index (χ4n) is 3.44. The predicted octanol–water partition coefficient (Wildman–Crippen LogP) is 5.08. The molecule has 33 heavy (non-hydrogen) atoms. The number of benzene rings is 3. The van der Waals surface area contributed by atoms with Gasteiger partial charge in [0, 0.05) is 34.3 Å². The number of anilines is 1. The van der Waals surface area contributed by atoms with E-state index in [-0.39, 0.29) is 18.2 Å². The fraction of sp³-hybridized carbons (Fsp3) is 0.160. The van der Waals surface area contributed by atoms with Crippen molar-refractivity contribution in [2.75, 3.05) is 11.4 Å². The lowest BCUT2D eigenvalue weighted by Gasteiger charge is -2.16. The maximum Gasteiger partial charge on any atom is 0.245 e. The van der Waals surface area contributed by atoms with Crippen molar-refractivity contribution in [1.82, 2.24) is 5.43 Å². The molecule has 1 atom stereocenters. The molecular weight excluding hydrogens is 461 g/mol. The smallest absolute Gasteiger partial charge is 0.245 e. The van der Waals surface area contributed by atoms with E-state index in [9.17, 15) is 9.59 Å². The van der Waals surface area contributed by atoms with Gasteiger partial charge in [0.05, 0.1) is 12.1 Å². The zero-order valence-corrected chi connectivity index (χ0v) is 19.1. The molecule has 0 radical (unpaired) electrons. The van der Waals surface area contributed by atoms with Crippen LogP contribution in [0.2, 0.25) is 10.0 Å². The van der Waals surface area contributed by atoms with Gasteiger partial charge in [-0.1, -0.05) is 41.4 Å². The third-order valence-corrected chi connectivity index (χ3v) is 5.88. The van der Waals surface area contributed by atoms with E-state index in [2.05, 4.69) is 10.5 Å². The van der Waals surface area contributed by atoms with E-state index in [0.717, 1.165) is 16.8 Å². The molecule has 0 aromatic heterocycles. The highest BCUT2D eigenvalue weighted by molar-refractivity contribution is 6.31. The molecule has 168 valence electrons. The van der Waals surface area contributed by atoms with E-state index in [1.165, 1.54) is 0 Å². The molecule has 0 bridgehead atoms. The number of carbonyl (C=O) groups is 2. The number of halogens is 2. The van der Waals surface area contributed by atoms with Crippen LogP contribution in [0, 0.1) is 5.92 Å². The molecule has 3 aromatic rings. The maximum absolute atomic E-state index is 12.5. The van der Waals surface area contributed by atoms with Gasteiger partial charge in [0.15, 0.2) is 0 Å². The molecule has 1 aliphatic heterocycles. The molecule has 8 heteroatoms. The van der Waals surface area contributed by atoms with Gasteiger partial charge in [0.25, 0.3) is 0 Å². The zero-order valence-electron chi connectivity index (χ0n) is 17.6. The van der Waals surface area contributed by atoms with E-state index in [1.54, 1.807) is 35.4 Å². The number of nitrogens with zero attached hydrogens (tertiary/aromatic N) is 2. The van der Waals surface area contributed by atoms with Crippen LogP contribution in [0.15, 0.2) is 77.9 Å². The number of nitrogens with one attached hydrogen (secondary N) is 1. The summed E-state index contributed by atoms with van der Waals surface area (Å²) in [6.07, 6.45) is 1.69. The number of hydrazone groups is 1. The minimum atomic E-state index is -0.467. The van der Waals surface area contributed by atoms with Gasteiger partial charge in [-0.2, -0.15) is 5.10 Å². The number of amides is 2. The molecule has 1 fully saturated rings. The number of ether oxygens (including phenoxy) is 1. The quantitative estimate of drug-likeness (QED) is 0.378. The summed E-state index contributed by atoms with van der Waals surface area (Å²) >= 11 is 12.0. The Hall–Kier alpha value is -3.35. The minimum absolute atomic E-state index is 0.103. The Kier molecular flexibility index (Phi) is 7.27. The Morgan fingerprint density at radius 2 is 1.79 bits per heavy atom. The van der Waals surface area contributed by atoms with Crippen LogP contribution in [-0.4, -0.2) is 24.6 Å². The molecule has 1 N–H and O–H groups in total. The summed E-state index contributed by atoms with van der Waals surface area (Å²) in [5, 5.41) is 5.28. The predicted molar refractivity (Wildman–Crippen MR) is 130 cm³/mol. The first-order valence-corrected chi connectivity index (χ1v) is 11.1. The first kappa shape index (κ1) is 22.8. The van der Waals surface area contributed by atoms with E-state index >= 15 is 0 Å². The zero-order chi connectivity index (χ0) is 23.2. The third-order valence-electron chi connectivity index (χ3n) is 5.25. The highest BCUT2D eigenvalue weighted by Crippen LogP contribution is 2.26. The second-order valence-electron chi connectivity index (χ2n) is 7.57. The summed E-state index contributed by atoms with van der Waals surface area (Å²) in [5.74, 6) is -0.168. The number of carbonyl (C=O) groups excluding carboxylic acids is 2. The second kappa shape index (κ2) is 10.5. The Bertz CT molecular complexity index is 1160. The van der Waals surface area contributed by atoms with E-state index < -0.39 is 5.92 Å². The summed E-state index contributed by atoms with van der Waals surface area (Å²) in [5.41, 5.74) is 4.96. The Balaban J connectivity index is 1.27. The standard InChI is InChI=1S/C25H21Cl2N3O3/c26-20-7-9-21(10-8-20)30-15-19(13-24(30)31)25(32)29-28-14-17-5-11-22(12-6-17)33-16-18-3-1-2-4-23(18)27/h1-12,14,19H,13,15-16H2,(H,29,32)/b28-14-/t19-/m0/s1. The van der Waals surface area contributed by atoms with Crippen LogP contribution in [0.25, 0.3) is 0 Å². The van der Waals surface area contributed by atoms with Gasteiger partial charge in [0.1, 0.15) is 12.4 Å². The van der Waals surface area contributed by atoms with Crippen LogP contribution < -0.4 is 15.1 Å². The average molecular weight is 482 g/mol. The van der Waals surface area contributed by atoms with E-state index in [1.807, 2.05) is 48.5 Å². The molecule has 1 aliphatic rings. The summed E-state index contributed by atoms with van der Waals surface area (Å²) in [7, 11) is 0. The van der Waals surface area contributed by atoms with Gasteiger partial charge in [-0.25, -0.2) is 5.43 Å². The van der Waals surface area contributed by atoms with Crippen LogP contribution in [0.5, 0.6) is 5.75 Å². The van der Waals surface area contributed by atoms with Crippen LogP contribution >= 0.6 is 23.2 Å². The summed E-state index contributed by atoms with van der Waals surface area (Å²) in [6, 6.07) is 21.8. The van der Waals surface area contributed by atoms with Crippen molar-refractivity contribution in [2.24, 2.45) is 11.0 Å². The van der Waals surface area contributed by atoms with Crippen molar-refractivity contribution in [3.63, 3.8) is 0 Å². The number of hydrogen-bond acceptors (Lipinski definition) is 4. The molecule has 1 saturated heterocycles. The van der Waals surface area contributed by atoms with Crippen molar-refractivity contribution in [3.05, 3.63) is 94.0 Å². The molecular formula is C25H21Cl2N3O3. The molecule has 3 aromatic carbocycles. The van der Waals surface area contributed by atoms with Gasteiger partial charge >= 0.3 is 0 Å². The van der Waals surface area contributed by atoms with Crippen LogP contribution in [0.1, 0.15) is 17.5 Å². The highest BCUT2D eigenvalue weighted by atomic mass is 35.5. The van der Waals surface area contributed by atoms with E-state index in [0.29, 0.717) is 28.9 Å². The summed E-state index contributed by atoms with van der Waals surface area (Å²) < 4.78 is 5.76. The first-order valence-electron chi connectivity index (χ1n) is 10.3. The van der Waals surface area contributed by atoms with Gasteiger partial charge in [-0.05, 0) is 60.2 Å². The average Bonchev–Trinajstić information content (AvgIpc) is 3.21. The van der Waals surface area contributed by atoms with Crippen LogP contribution in [-0.2, 0) is 16.2 Å². The first-order chi connectivity index (χ1) is 16.0. The molecule has 6 nitrogen and oxygen atoms in total. The van der Waals surface area contributed by atoms with E-state index in [4.69, 9.17) is 27.9 Å². The molecule has 0 spiro atoms. The maximum atomic E-state index is 12.5.